The normalized spacial score (nSPS) is 15.4. The number of nitrogens with zero attached hydrogens (tertiary/aromatic N) is 1. The Balaban J connectivity index is 1.33. The fourth-order valence-corrected chi connectivity index (χ4v) is 4.18. The summed E-state index contributed by atoms with van der Waals surface area (Å²) < 4.78 is 10.2. The van der Waals surface area contributed by atoms with Crippen molar-refractivity contribution < 1.29 is 28.7 Å². The largest absolute Gasteiger partial charge is 0.497 e. The number of ketones is 1. The Morgan fingerprint density at radius 3 is 2.38 bits per heavy atom. The van der Waals surface area contributed by atoms with Crippen LogP contribution in [0.5, 0.6) is 5.75 Å². The second-order valence-corrected chi connectivity index (χ2v) is 8.59. The maximum absolute atomic E-state index is 12.8. The molecule has 0 spiro atoms. The molecular weight excluding hydrogens is 456 g/mol. The molecule has 1 aliphatic rings. The highest BCUT2D eigenvalue weighted by Gasteiger charge is 2.39. The van der Waals surface area contributed by atoms with E-state index in [0.29, 0.717) is 23.5 Å². The first-order valence-electron chi connectivity index (χ1n) is 10.5. The number of ether oxygens (including phenoxy) is 2. The number of amides is 2. The van der Waals surface area contributed by atoms with E-state index in [4.69, 9.17) is 9.47 Å². The number of anilines is 1. The average Bonchev–Trinajstić information content (AvgIpc) is 3.48. The lowest BCUT2D eigenvalue weighted by molar-refractivity contribution is -0.121. The summed E-state index contributed by atoms with van der Waals surface area (Å²) in [7, 11) is 1.53. The molecule has 8 nitrogen and oxygen atoms in total. The maximum Gasteiger partial charge on any atom is 0.338 e. The molecule has 4 rings (SSSR count). The van der Waals surface area contributed by atoms with Gasteiger partial charge in [0.1, 0.15) is 5.75 Å². The molecule has 0 aliphatic carbocycles. The van der Waals surface area contributed by atoms with Gasteiger partial charge in [-0.2, -0.15) is 0 Å². The molecule has 2 heterocycles. The molecule has 1 fully saturated rings. The summed E-state index contributed by atoms with van der Waals surface area (Å²) in [5, 5.41) is 5.08. The smallest absolute Gasteiger partial charge is 0.338 e. The van der Waals surface area contributed by atoms with Crippen molar-refractivity contribution in [1.82, 2.24) is 5.32 Å². The summed E-state index contributed by atoms with van der Waals surface area (Å²) in [4.78, 5) is 52.0. The minimum Gasteiger partial charge on any atom is -0.497 e. The lowest BCUT2D eigenvalue weighted by Gasteiger charge is -2.16. The van der Waals surface area contributed by atoms with Crippen LogP contribution in [0.3, 0.4) is 0 Å². The van der Waals surface area contributed by atoms with Crippen LogP contribution in [0.1, 0.15) is 32.0 Å². The lowest BCUT2D eigenvalue weighted by Crippen LogP contribution is -2.38. The lowest BCUT2D eigenvalue weighted by atomic mass is 10.1. The Kier molecular flexibility index (Phi) is 7.15. The molecule has 1 N–H and O–H groups in total. The van der Waals surface area contributed by atoms with Crippen molar-refractivity contribution in [2.45, 2.75) is 19.0 Å². The average molecular weight is 479 g/mol. The van der Waals surface area contributed by atoms with Crippen molar-refractivity contribution in [1.29, 1.82) is 0 Å². The Morgan fingerprint density at radius 2 is 1.74 bits per heavy atom. The fourth-order valence-electron chi connectivity index (χ4n) is 3.52. The quantitative estimate of drug-likeness (QED) is 0.286. The molecular formula is C25H22N2O6S. The van der Waals surface area contributed by atoms with Crippen LogP contribution in [-0.2, 0) is 20.9 Å². The molecule has 1 aliphatic heterocycles. The molecule has 174 valence electrons. The van der Waals surface area contributed by atoms with Crippen LogP contribution >= 0.6 is 11.3 Å². The molecule has 34 heavy (non-hydrogen) atoms. The van der Waals surface area contributed by atoms with E-state index in [2.05, 4.69) is 5.32 Å². The highest BCUT2D eigenvalue weighted by atomic mass is 32.1. The molecule has 1 atom stereocenters. The van der Waals surface area contributed by atoms with Crippen LogP contribution in [-0.4, -0.2) is 43.3 Å². The number of carbonyl (C=O) groups is 4. The number of carbonyl (C=O) groups excluding carboxylic acids is 4. The topological polar surface area (TPSA) is 102 Å². The second-order valence-electron chi connectivity index (χ2n) is 7.56. The Labute approximate surface area is 200 Å². The van der Waals surface area contributed by atoms with Gasteiger partial charge in [0.15, 0.2) is 12.4 Å². The van der Waals surface area contributed by atoms with Crippen LogP contribution < -0.4 is 15.0 Å². The standard InChI is InChI=1S/C25H22N2O6S/c1-32-19-10-6-16(7-11-19)22(28)15-33-25(31)17-4-8-18(9-5-17)27-23(29)13-21(24(27)30)26-14-20-3-2-12-34-20/h2-12,21,26H,13-15H2,1H3. The number of esters is 1. The van der Waals surface area contributed by atoms with Gasteiger partial charge in [-0.1, -0.05) is 6.07 Å². The second kappa shape index (κ2) is 10.4. The van der Waals surface area contributed by atoms with Gasteiger partial charge in [-0.25, -0.2) is 9.69 Å². The molecule has 0 radical (unpaired) electrons. The van der Waals surface area contributed by atoms with Crippen LogP contribution in [0, 0.1) is 0 Å². The molecule has 3 aromatic rings. The van der Waals surface area contributed by atoms with E-state index in [9.17, 15) is 19.2 Å². The van der Waals surface area contributed by atoms with Gasteiger partial charge in [0.25, 0.3) is 5.91 Å². The number of rotatable bonds is 9. The Bertz CT molecular complexity index is 1190. The zero-order chi connectivity index (χ0) is 24.1. The summed E-state index contributed by atoms with van der Waals surface area (Å²) in [5.41, 5.74) is 0.983. The third-order valence-corrected chi connectivity index (χ3v) is 6.23. The number of hydrogen-bond acceptors (Lipinski definition) is 8. The maximum atomic E-state index is 12.8. The van der Waals surface area contributed by atoms with Crippen molar-refractivity contribution >= 4 is 40.6 Å². The van der Waals surface area contributed by atoms with Crippen LogP contribution in [0.2, 0.25) is 0 Å². The molecule has 1 unspecified atom stereocenters. The molecule has 0 bridgehead atoms. The van der Waals surface area contributed by atoms with Crippen molar-refractivity contribution in [3.05, 3.63) is 82.0 Å². The zero-order valence-electron chi connectivity index (χ0n) is 18.4. The van der Waals surface area contributed by atoms with Gasteiger partial charge in [-0.15, -0.1) is 11.3 Å². The summed E-state index contributed by atoms with van der Waals surface area (Å²) in [5.74, 6) is -1.05. The number of Topliss-reactive ketones (excluding diaryl/α,β-unsaturated/α-hetero) is 1. The van der Waals surface area contributed by atoms with Crippen molar-refractivity contribution in [3.8, 4) is 5.75 Å². The Hall–Kier alpha value is -3.82. The van der Waals surface area contributed by atoms with Crippen LogP contribution in [0.25, 0.3) is 0 Å². The first-order chi connectivity index (χ1) is 16.5. The SMILES string of the molecule is COc1ccc(C(=O)COC(=O)c2ccc(N3C(=O)CC(NCc4cccs4)C3=O)cc2)cc1. The predicted molar refractivity (Wildman–Crippen MR) is 126 cm³/mol. The summed E-state index contributed by atoms with van der Waals surface area (Å²) in [6, 6.07) is 15.7. The van der Waals surface area contributed by atoms with Gasteiger partial charge in [0.05, 0.1) is 30.8 Å². The summed E-state index contributed by atoms with van der Waals surface area (Å²) in [6.45, 7) is 0.100. The highest BCUT2D eigenvalue weighted by Crippen LogP contribution is 2.24. The third kappa shape index (κ3) is 5.22. The number of methoxy groups -OCH3 is 1. The first-order valence-corrected chi connectivity index (χ1v) is 11.4. The van der Waals surface area contributed by atoms with E-state index in [1.54, 1.807) is 35.6 Å². The van der Waals surface area contributed by atoms with Crippen molar-refractivity contribution in [2.24, 2.45) is 0 Å². The van der Waals surface area contributed by atoms with Gasteiger partial charge in [-0.3, -0.25) is 14.4 Å². The van der Waals surface area contributed by atoms with E-state index < -0.39 is 18.6 Å². The van der Waals surface area contributed by atoms with E-state index in [1.807, 2.05) is 17.5 Å². The number of thiophene rings is 1. The monoisotopic (exact) mass is 478 g/mol. The van der Waals surface area contributed by atoms with E-state index in [0.717, 1.165) is 9.78 Å². The number of nitrogens with one attached hydrogen (secondary N) is 1. The molecule has 9 heteroatoms. The molecule has 2 amide bonds. The fraction of sp³-hybridized carbons (Fsp3) is 0.200. The highest BCUT2D eigenvalue weighted by molar-refractivity contribution is 7.09. The molecule has 0 saturated carbocycles. The van der Waals surface area contributed by atoms with Crippen molar-refractivity contribution in [2.75, 3.05) is 18.6 Å². The molecule has 2 aromatic carbocycles. The minimum atomic E-state index is -0.678. The van der Waals surface area contributed by atoms with Gasteiger partial charge >= 0.3 is 5.97 Å². The number of benzene rings is 2. The molecule has 1 saturated heterocycles. The van der Waals surface area contributed by atoms with Crippen LogP contribution in [0.15, 0.2) is 66.0 Å². The minimum absolute atomic E-state index is 0.0709. The van der Waals surface area contributed by atoms with E-state index in [1.165, 1.54) is 31.4 Å². The van der Waals surface area contributed by atoms with Crippen molar-refractivity contribution in [3.63, 3.8) is 0 Å². The summed E-state index contributed by atoms with van der Waals surface area (Å²) in [6.07, 6.45) is 0.0709. The van der Waals surface area contributed by atoms with Gasteiger partial charge in [0.2, 0.25) is 5.91 Å². The number of hydrogen-bond donors (Lipinski definition) is 1. The van der Waals surface area contributed by atoms with Crippen LogP contribution in [0.4, 0.5) is 5.69 Å². The van der Waals surface area contributed by atoms with Gasteiger partial charge < -0.3 is 14.8 Å². The third-order valence-electron chi connectivity index (χ3n) is 5.36. The van der Waals surface area contributed by atoms with Gasteiger partial charge in [-0.05, 0) is 60.0 Å². The van der Waals surface area contributed by atoms with E-state index >= 15 is 0 Å². The Morgan fingerprint density at radius 1 is 1.03 bits per heavy atom. The zero-order valence-corrected chi connectivity index (χ0v) is 19.2. The van der Waals surface area contributed by atoms with Gasteiger partial charge in [0, 0.05) is 17.0 Å². The molecule has 1 aromatic heterocycles. The predicted octanol–water partition coefficient (Wildman–Crippen LogP) is 3.22. The summed E-state index contributed by atoms with van der Waals surface area (Å²) >= 11 is 1.57. The first kappa shape index (κ1) is 23.3. The van der Waals surface area contributed by atoms with E-state index in [-0.39, 0.29) is 29.6 Å². The number of imide groups is 1.